The van der Waals surface area contributed by atoms with Gasteiger partial charge in [0.2, 0.25) is 0 Å². The molecule has 0 atom stereocenters. The van der Waals surface area contributed by atoms with Crippen molar-refractivity contribution in [2.24, 2.45) is 7.05 Å². The second-order valence-corrected chi connectivity index (χ2v) is 4.27. The SMILES string of the molecule is Cn1nc(CNCc2ccco2)c2ccccc21. The van der Waals surface area contributed by atoms with E-state index in [1.807, 2.05) is 36.0 Å². The summed E-state index contributed by atoms with van der Waals surface area (Å²) in [4.78, 5) is 0. The fraction of sp³-hybridized carbons (Fsp3) is 0.214. The van der Waals surface area contributed by atoms with Gasteiger partial charge in [0, 0.05) is 19.0 Å². The lowest BCUT2D eigenvalue weighted by Gasteiger charge is -2.00. The van der Waals surface area contributed by atoms with Crippen LogP contribution < -0.4 is 5.32 Å². The Balaban J connectivity index is 1.75. The lowest BCUT2D eigenvalue weighted by atomic mass is 10.2. The van der Waals surface area contributed by atoms with E-state index in [0.29, 0.717) is 0 Å². The molecule has 1 N–H and O–H groups in total. The maximum absolute atomic E-state index is 5.28. The lowest BCUT2D eigenvalue weighted by molar-refractivity contribution is 0.481. The summed E-state index contributed by atoms with van der Waals surface area (Å²) in [6, 6.07) is 12.1. The zero-order valence-electron chi connectivity index (χ0n) is 10.3. The Labute approximate surface area is 105 Å². The smallest absolute Gasteiger partial charge is 0.117 e. The number of aromatic nitrogens is 2. The first kappa shape index (κ1) is 11.0. The topological polar surface area (TPSA) is 43.0 Å². The normalized spacial score (nSPS) is 11.2. The molecule has 0 aliphatic carbocycles. The highest BCUT2D eigenvalue weighted by molar-refractivity contribution is 5.81. The maximum Gasteiger partial charge on any atom is 0.117 e. The van der Waals surface area contributed by atoms with Crippen molar-refractivity contribution >= 4 is 10.9 Å². The lowest BCUT2D eigenvalue weighted by Crippen LogP contribution is -2.12. The summed E-state index contributed by atoms with van der Waals surface area (Å²) in [7, 11) is 1.97. The fourth-order valence-electron chi connectivity index (χ4n) is 2.14. The van der Waals surface area contributed by atoms with Crippen LogP contribution in [0.15, 0.2) is 47.1 Å². The van der Waals surface area contributed by atoms with Crippen molar-refractivity contribution in [3.8, 4) is 0 Å². The first-order valence-electron chi connectivity index (χ1n) is 5.98. The van der Waals surface area contributed by atoms with Crippen LogP contribution in [0.2, 0.25) is 0 Å². The van der Waals surface area contributed by atoms with Gasteiger partial charge >= 0.3 is 0 Å². The van der Waals surface area contributed by atoms with E-state index in [1.54, 1.807) is 6.26 Å². The Hall–Kier alpha value is -2.07. The Kier molecular flexibility index (Phi) is 2.86. The molecular weight excluding hydrogens is 226 g/mol. The van der Waals surface area contributed by atoms with Gasteiger partial charge in [-0.2, -0.15) is 5.10 Å². The molecule has 4 nitrogen and oxygen atoms in total. The van der Waals surface area contributed by atoms with E-state index >= 15 is 0 Å². The molecule has 0 saturated carbocycles. The number of hydrogen-bond donors (Lipinski definition) is 1. The second-order valence-electron chi connectivity index (χ2n) is 4.27. The van der Waals surface area contributed by atoms with Gasteiger partial charge in [0.25, 0.3) is 0 Å². The number of benzene rings is 1. The average molecular weight is 241 g/mol. The molecule has 3 aromatic rings. The van der Waals surface area contributed by atoms with Gasteiger partial charge in [-0.1, -0.05) is 18.2 Å². The zero-order chi connectivity index (χ0) is 12.4. The fourth-order valence-corrected chi connectivity index (χ4v) is 2.14. The number of hydrogen-bond acceptors (Lipinski definition) is 3. The van der Waals surface area contributed by atoms with Crippen LogP contribution in [0.5, 0.6) is 0 Å². The first-order chi connectivity index (χ1) is 8.84. The summed E-state index contributed by atoms with van der Waals surface area (Å²) in [5.41, 5.74) is 2.23. The van der Waals surface area contributed by atoms with E-state index < -0.39 is 0 Å². The molecule has 4 heteroatoms. The number of rotatable bonds is 4. The summed E-state index contributed by atoms with van der Waals surface area (Å²) in [6.45, 7) is 1.46. The van der Waals surface area contributed by atoms with Crippen LogP contribution in [0.25, 0.3) is 10.9 Å². The van der Waals surface area contributed by atoms with E-state index in [4.69, 9.17) is 4.42 Å². The summed E-state index contributed by atoms with van der Waals surface area (Å²) < 4.78 is 7.19. The summed E-state index contributed by atoms with van der Waals surface area (Å²) in [5.74, 6) is 0.940. The summed E-state index contributed by atoms with van der Waals surface area (Å²) in [6.07, 6.45) is 1.69. The molecule has 0 amide bonds. The molecule has 1 aromatic carbocycles. The largest absolute Gasteiger partial charge is 0.468 e. The van der Waals surface area contributed by atoms with Gasteiger partial charge in [-0.05, 0) is 18.2 Å². The quantitative estimate of drug-likeness (QED) is 0.763. The van der Waals surface area contributed by atoms with E-state index in [1.165, 1.54) is 5.39 Å². The Morgan fingerprint density at radius 1 is 1.17 bits per heavy atom. The van der Waals surface area contributed by atoms with Crippen LogP contribution in [0.4, 0.5) is 0 Å². The Morgan fingerprint density at radius 3 is 2.89 bits per heavy atom. The Bertz CT molecular complexity index is 640. The van der Waals surface area contributed by atoms with Crippen molar-refractivity contribution in [1.29, 1.82) is 0 Å². The van der Waals surface area contributed by atoms with Crippen LogP contribution in [-0.4, -0.2) is 9.78 Å². The van der Waals surface area contributed by atoms with Crippen molar-refractivity contribution < 1.29 is 4.42 Å². The molecule has 0 aliphatic heterocycles. The van der Waals surface area contributed by atoms with Crippen molar-refractivity contribution in [2.75, 3.05) is 0 Å². The minimum absolute atomic E-state index is 0.720. The van der Waals surface area contributed by atoms with Gasteiger partial charge in [0.05, 0.1) is 24.0 Å². The van der Waals surface area contributed by atoms with Crippen molar-refractivity contribution in [2.45, 2.75) is 13.1 Å². The molecule has 0 saturated heterocycles. The van der Waals surface area contributed by atoms with Crippen LogP contribution >= 0.6 is 0 Å². The average Bonchev–Trinajstić information content (AvgIpc) is 3.00. The van der Waals surface area contributed by atoms with Gasteiger partial charge in [0.1, 0.15) is 5.76 Å². The molecule has 92 valence electrons. The molecule has 0 fully saturated rings. The standard InChI is InChI=1S/C14H15N3O/c1-17-14-7-3-2-6-12(14)13(16-17)10-15-9-11-5-4-8-18-11/h2-8,15H,9-10H2,1H3. The first-order valence-corrected chi connectivity index (χ1v) is 5.98. The van der Waals surface area contributed by atoms with Crippen molar-refractivity contribution in [1.82, 2.24) is 15.1 Å². The molecule has 0 radical (unpaired) electrons. The zero-order valence-corrected chi connectivity index (χ0v) is 10.3. The molecule has 2 aromatic heterocycles. The van der Waals surface area contributed by atoms with E-state index in [9.17, 15) is 0 Å². The summed E-state index contributed by atoms with van der Waals surface area (Å²) in [5, 5.41) is 9.07. The van der Waals surface area contributed by atoms with Crippen LogP contribution in [0, 0.1) is 0 Å². The summed E-state index contributed by atoms with van der Waals surface area (Å²) >= 11 is 0. The number of furan rings is 1. The number of para-hydroxylation sites is 1. The van der Waals surface area contributed by atoms with Gasteiger partial charge in [-0.25, -0.2) is 0 Å². The molecule has 0 spiro atoms. The number of nitrogens with one attached hydrogen (secondary N) is 1. The van der Waals surface area contributed by atoms with Crippen molar-refractivity contribution in [3.05, 3.63) is 54.1 Å². The van der Waals surface area contributed by atoms with Crippen LogP contribution in [0.1, 0.15) is 11.5 Å². The third kappa shape index (κ3) is 2.02. The molecule has 0 bridgehead atoms. The number of aryl methyl sites for hydroxylation is 1. The number of nitrogens with zero attached hydrogens (tertiary/aromatic N) is 2. The van der Waals surface area contributed by atoms with Gasteiger partial charge in [0.15, 0.2) is 0 Å². The van der Waals surface area contributed by atoms with Crippen molar-refractivity contribution in [3.63, 3.8) is 0 Å². The number of fused-ring (bicyclic) bond motifs is 1. The monoisotopic (exact) mass is 241 g/mol. The minimum atomic E-state index is 0.720. The van der Waals surface area contributed by atoms with E-state index in [0.717, 1.165) is 30.1 Å². The van der Waals surface area contributed by atoms with Crippen LogP contribution in [0.3, 0.4) is 0 Å². The Morgan fingerprint density at radius 2 is 2.06 bits per heavy atom. The van der Waals surface area contributed by atoms with Crippen LogP contribution in [-0.2, 0) is 20.1 Å². The van der Waals surface area contributed by atoms with Gasteiger partial charge < -0.3 is 9.73 Å². The molecule has 3 rings (SSSR count). The predicted octanol–water partition coefficient (Wildman–Crippen LogP) is 2.46. The highest BCUT2D eigenvalue weighted by Gasteiger charge is 2.07. The highest BCUT2D eigenvalue weighted by atomic mass is 16.3. The molecule has 0 unspecified atom stereocenters. The molecule has 2 heterocycles. The maximum atomic E-state index is 5.28. The third-order valence-corrected chi connectivity index (χ3v) is 3.01. The van der Waals surface area contributed by atoms with E-state index in [2.05, 4.69) is 22.5 Å². The third-order valence-electron chi connectivity index (χ3n) is 3.01. The second kappa shape index (κ2) is 4.66. The highest BCUT2D eigenvalue weighted by Crippen LogP contribution is 2.17. The minimum Gasteiger partial charge on any atom is -0.468 e. The van der Waals surface area contributed by atoms with Gasteiger partial charge in [-0.3, -0.25) is 4.68 Å². The van der Waals surface area contributed by atoms with E-state index in [-0.39, 0.29) is 0 Å². The van der Waals surface area contributed by atoms with Gasteiger partial charge in [-0.15, -0.1) is 0 Å². The molecule has 0 aliphatic rings. The molecular formula is C14H15N3O. The predicted molar refractivity (Wildman–Crippen MR) is 70.0 cm³/mol. The molecule has 18 heavy (non-hydrogen) atoms.